The minimum Gasteiger partial charge on any atom is -0.288 e. The Labute approximate surface area is 142 Å². The lowest BCUT2D eigenvalue weighted by atomic mass is 9.83. The van der Waals surface area contributed by atoms with Crippen LogP contribution >= 0.6 is 0 Å². The fourth-order valence-corrected chi connectivity index (χ4v) is 3.13. The second-order valence-corrected chi connectivity index (χ2v) is 5.88. The number of Topliss-reactive ketones (excluding diaryl/α,β-unsaturated/α-hetero) is 1. The van der Waals surface area contributed by atoms with Crippen molar-refractivity contribution in [2.75, 3.05) is 0 Å². The number of halogens is 3. The van der Waals surface area contributed by atoms with E-state index in [4.69, 9.17) is 0 Å². The lowest BCUT2D eigenvalue weighted by Gasteiger charge is -2.22. The van der Waals surface area contributed by atoms with Crippen molar-refractivity contribution in [3.05, 3.63) is 82.9 Å². The average molecular weight is 339 g/mol. The van der Waals surface area contributed by atoms with E-state index < -0.39 is 11.7 Å². The van der Waals surface area contributed by atoms with E-state index in [1.54, 1.807) is 24.3 Å². The van der Waals surface area contributed by atoms with Crippen LogP contribution in [0.3, 0.4) is 0 Å². The van der Waals surface area contributed by atoms with Crippen LogP contribution in [-0.2, 0) is 6.18 Å². The van der Waals surface area contributed by atoms with Crippen LogP contribution in [0.4, 0.5) is 18.9 Å². The van der Waals surface area contributed by atoms with Crippen LogP contribution in [0.5, 0.6) is 0 Å². The fourth-order valence-electron chi connectivity index (χ4n) is 3.13. The number of para-hydroxylation sites is 1. The molecule has 1 heterocycles. The third kappa shape index (κ3) is 2.61. The van der Waals surface area contributed by atoms with Gasteiger partial charge in [-0.15, -0.1) is 0 Å². The van der Waals surface area contributed by atoms with Gasteiger partial charge in [0.15, 0.2) is 5.78 Å². The van der Waals surface area contributed by atoms with Crippen molar-refractivity contribution >= 4 is 22.8 Å². The van der Waals surface area contributed by atoms with Crippen molar-refractivity contribution in [1.82, 2.24) is 0 Å². The molecular weight excluding hydrogens is 327 g/mol. The van der Waals surface area contributed by atoms with Gasteiger partial charge in [0.25, 0.3) is 0 Å². The lowest BCUT2D eigenvalue weighted by molar-refractivity contribution is -0.137. The van der Waals surface area contributed by atoms with Crippen LogP contribution in [0.1, 0.15) is 27.9 Å². The van der Waals surface area contributed by atoms with E-state index in [1.807, 2.05) is 12.1 Å². The van der Waals surface area contributed by atoms with Crippen molar-refractivity contribution in [1.29, 1.82) is 0 Å². The van der Waals surface area contributed by atoms with Crippen molar-refractivity contribution in [3.8, 4) is 0 Å². The number of hydrogen-bond acceptors (Lipinski definition) is 2. The summed E-state index contributed by atoms with van der Waals surface area (Å²) in [5.74, 6) is -0.139. The van der Waals surface area contributed by atoms with Gasteiger partial charge in [-0.25, -0.2) is 4.99 Å². The first-order chi connectivity index (χ1) is 11.9. The van der Waals surface area contributed by atoms with Gasteiger partial charge in [0.05, 0.1) is 22.5 Å². The molecule has 124 valence electrons. The molecule has 0 saturated carbocycles. The Morgan fingerprint density at radius 1 is 0.960 bits per heavy atom. The first kappa shape index (κ1) is 15.6. The van der Waals surface area contributed by atoms with Crippen molar-refractivity contribution < 1.29 is 18.0 Å². The van der Waals surface area contributed by atoms with E-state index in [0.29, 0.717) is 40.1 Å². The van der Waals surface area contributed by atoms with E-state index in [0.717, 1.165) is 12.1 Å². The van der Waals surface area contributed by atoms with E-state index in [-0.39, 0.29) is 5.78 Å². The largest absolute Gasteiger partial charge is 0.416 e. The molecule has 2 nitrogen and oxygen atoms in total. The highest BCUT2D eigenvalue weighted by Crippen LogP contribution is 2.37. The van der Waals surface area contributed by atoms with Crippen molar-refractivity contribution in [2.45, 2.75) is 12.6 Å². The van der Waals surface area contributed by atoms with Gasteiger partial charge in [-0.3, -0.25) is 4.79 Å². The van der Waals surface area contributed by atoms with E-state index in [2.05, 4.69) is 4.99 Å². The Morgan fingerprint density at radius 3 is 2.40 bits per heavy atom. The maximum atomic E-state index is 12.9. The highest BCUT2D eigenvalue weighted by molar-refractivity contribution is 6.38. The number of hydrogen-bond donors (Lipinski definition) is 0. The molecule has 2 aromatic rings. The summed E-state index contributed by atoms with van der Waals surface area (Å²) in [6.07, 6.45) is -0.240. The normalized spacial score (nSPS) is 16.4. The van der Waals surface area contributed by atoms with Gasteiger partial charge < -0.3 is 0 Å². The zero-order chi connectivity index (χ0) is 17.6. The predicted molar refractivity (Wildman–Crippen MR) is 90.0 cm³/mol. The predicted octanol–water partition coefficient (Wildman–Crippen LogP) is 5.39. The Hall–Kier alpha value is -2.95. The summed E-state index contributed by atoms with van der Waals surface area (Å²) in [4.78, 5) is 17.4. The summed E-state index contributed by atoms with van der Waals surface area (Å²) in [6.45, 7) is 0. The van der Waals surface area contributed by atoms with Crippen LogP contribution in [0, 0.1) is 0 Å². The molecule has 1 aliphatic heterocycles. The molecule has 0 amide bonds. The molecule has 2 aromatic carbocycles. The van der Waals surface area contributed by atoms with Gasteiger partial charge >= 0.3 is 6.18 Å². The molecule has 0 bridgehead atoms. The van der Waals surface area contributed by atoms with E-state index in [9.17, 15) is 18.0 Å². The van der Waals surface area contributed by atoms with E-state index in [1.165, 1.54) is 12.1 Å². The summed E-state index contributed by atoms with van der Waals surface area (Å²) in [5.41, 5.74) is 2.76. The van der Waals surface area contributed by atoms with Crippen LogP contribution in [0.25, 0.3) is 5.57 Å². The number of fused-ring (bicyclic) bond motifs is 2. The van der Waals surface area contributed by atoms with Crippen LogP contribution in [0.2, 0.25) is 0 Å². The number of ketones is 1. The number of aliphatic imine (C=N–C) groups is 1. The number of carbonyl (C=O) groups is 1. The average Bonchev–Trinajstić information content (AvgIpc) is 2.61. The Bertz CT molecular complexity index is 963. The summed E-state index contributed by atoms with van der Waals surface area (Å²) in [6, 6.07) is 12.0. The summed E-state index contributed by atoms with van der Waals surface area (Å²) in [5, 5.41) is 0. The SMILES string of the molecule is O=C1C2=C(c3ccc(C(F)(F)F)cc3)CC=CC2=Nc2ccccc21. The van der Waals surface area contributed by atoms with Gasteiger partial charge in [-0.2, -0.15) is 13.2 Å². The summed E-state index contributed by atoms with van der Waals surface area (Å²) in [7, 11) is 0. The van der Waals surface area contributed by atoms with Crippen LogP contribution < -0.4 is 0 Å². The molecule has 0 spiro atoms. The van der Waals surface area contributed by atoms with Gasteiger partial charge in [-0.1, -0.05) is 30.3 Å². The van der Waals surface area contributed by atoms with Gasteiger partial charge in [0.2, 0.25) is 0 Å². The number of nitrogens with zero attached hydrogens (tertiary/aromatic N) is 1. The molecule has 4 rings (SSSR count). The molecule has 0 atom stereocenters. The molecule has 5 heteroatoms. The topological polar surface area (TPSA) is 29.4 Å². The van der Waals surface area contributed by atoms with Gasteiger partial charge in [-0.05, 0) is 47.9 Å². The quantitative estimate of drug-likeness (QED) is 0.685. The minimum absolute atomic E-state index is 0.139. The molecule has 0 unspecified atom stereocenters. The number of alkyl halides is 3. The molecule has 1 aliphatic carbocycles. The third-order valence-corrected chi connectivity index (χ3v) is 4.33. The molecule has 0 aromatic heterocycles. The standard InChI is InChI=1S/C20H12F3NO/c21-20(22,23)13-10-8-12(9-11-13)14-5-3-7-17-18(14)19(25)15-4-1-2-6-16(15)24-17/h1-4,6-11H,5H2. The molecule has 0 N–H and O–H groups in total. The Balaban J connectivity index is 1.84. The zero-order valence-corrected chi connectivity index (χ0v) is 13.0. The summed E-state index contributed by atoms with van der Waals surface area (Å²) < 4.78 is 38.3. The van der Waals surface area contributed by atoms with Crippen molar-refractivity contribution in [2.24, 2.45) is 4.99 Å². The first-order valence-corrected chi connectivity index (χ1v) is 7.75. The number of rotatable bonds is 1. The fraction of sp³-hybridized carbons (Fsp3) is 0.100. The second kappa shape index (κ2) is 5.55. The van der Waals surface area contributed by atoms with E-state index >= 15 is 0 Å². The second-order valence-electron chi connectivity index (χ2n) is 5.88. The van der Waals surface area contributed by atoms with Gasteiger partial charge in [0, 0.05) is 5.56 Å². The van der Waals surface area contributed by atoms with Crippen LogP contribution in [-0.4, -0.2) is 11.5 Å². The van der Waals surface area contributed by atoms with Crippen LogP contribution in [0.15, 0.2) is 71.2 Å². The van der Waals surface area contributed by atoms with Crippen molar-refractivity contribution in [3.63, 3.8) is 0 Å². The monoisotopic (exact) mass is 339 g/mol. The Morgan fingerprint density at radius 2 is 1.68 bits per heavy atom. The highest BCUT2D eigenvalue weighted by atomic mass is 19.4. The number of carbonyl (C=O) groups excluding carboxylic acids is 1. The highest BCUT2D eigenvalue weighted by Gasteiger charge is 2.31. The molecule has 0 fully saturated rings. The number of benzene rings is 2. The first-order valence-electron chi connectivity index (χ1n) is 7.75. The molecular formula is C20H12F3NO. The molecule has 2 aliphatic rings. The maximum absolute atomic E-state index is 12.9. The molecule has 0 radical (unpaired) electrons. The Kier molecular flexibility index (Phi) is 3.46. The summed E-state index contributed by atoms with van der Waals surface area (Å²) >= 11 is 0. The third-order valence-electron chi connectivity index (χ3n) is 4.33. The number of allylic oxidation sites excluding steroid dienone is 4. The minimum atomic E-state index is -4.38. The zero-order valence-electron chi connectivity index (χ0n) is 13.0. The van der Waals surface area contributed by atoms with Gasteiger partial charge in [0.1, 0.15) is 0 Å². The maximum Gasteiger partial charge on any atom is 0.416 e. The molecule has 25 heavy (non-hydrogen) atoms. The smallest absolute Gasteiger partial charge is 0.288 e. The molecule has 0 saturated heterocycles. The lowest BCUT2D eigenvalue weighted by Crippen LogP contribution is -2.20.